The zero-order chi connectivity index (χ0) is 24.5. The van der Waals surface area contributed by atoms with Gasteiger partial charge in [-0.3, -0.25) is 29.4 Å². The van der Waals surface area contributed by atoms with Crippen LogP contribution in [0.25, 0.3) is 64.4 Å². The van der Waals surface area contributed by atoms with Gasteiger partial charge in [0.1, 0.15) is 15.9 Å². The number of thiophene rings is 1. The van der Waals surface area contributed by atoms with Crippen molar-refractivity contribution in [2.45, 2.75) is 25.7 Å². The number of fused-ring (bicyclic) bond motifs is 9. The minimum absolute atomic E-state index is 0.0123. The molecule has 0 spiro atoms. The first kappa shape index (κ1) is 20.7. The molecule has 37 heavy (non-hydrogen) atoms. The van der Waals surface area contributed by atoms with E-state index in [9.17, 15) is 4.79 Å². The van der Waals surface area contributed by atoms with E-state index in [1.807, 2.05) is 35.0 Å². The summed E-state index contributed by atoms with van der Waals surface area (Å²) in [4.78, 5) is 36.8. The Hall–Kier alpha value is -4.44. The van der Waals surface area contributed by atoms with Crippen LogP contribution in [0.5, 0.6) is 0 Å². The Labute approximate surface area is 212 Å². The molecular formula is C27H20N8OS. The first-order valence-corrected chi connectivity index (χ1v) is 13.1. The van der Waals surface area contributed by atoms with Crippen molar-refractivity contribution in [3.63, 3.8) is 0 Å². The average molecular weight is 505 g/mol. The highest BCUT2D eigenvalue weighted by Crippen LogP contribution is 2.32. The van der Waals surface area contributed by atoms with Gasteiger partial charge in [-0.1, -0.05) is 12.8 Å². The fourth-order valence-corrected chi connectivity index (χ4v) is 6.53. The van der Waals surface area contributed by atoms with Gasteiger partial charge in [-0.25, -0.2) is 4.98 Å². The number of hydrogen-bond acceptors (Lipinski definition) is 7. The van der Waals surface area contributed by atoms with Crippen molar-refractivity contribution >= 4 is 81.7 Å². The molecule has 7 aromatic rings. The van der Waals surface area contributed by atoms with Crippen molar-refractivity contribution in [2.75, 3.05) is 0 Å². The lowest BCUT2D eigenvalue weighted by molar-refractivity contribution is 0.0847. The van der Waals surface area contributed by atoms with Crippen molar-refractivity contribution in [3.05, 3.63) is 55.2 Å². The largest absolute Gasteiger partial charge is 0.335 e. The average Bonchev–Trinajstić information content (AvgIpc) is 3.73. The van der Waals surface area contributed by atoms with Gasteiger partial charge in [-0.05, 0) is 37.1 Å². The molecule has 2 N–H and O–H groups in total. The highest BCUT2D eigenvalue weighted by atomic mass is 32.1. The molecule has 1 fully saturated rings. The van der Waals surface area contributed by atoms with E-state index in [1.165, 1.54) is 0 Å². The summed E-state index contributed by atoms with van der Waals surface area (Å²) in [6.45, 7) is 0. The van der Waals surface area contributed by atoms with Crippen molar-refractivity contribution in [3.8, 4) is 0 Å². The Balaban J connectivity index is 1.60. The molecule has 7 heterocycles. The number of carbonyl (C=O) groups is 1. The van der Waals surface area contributed by atoms with Gasteiger partial charge in [0.05, 0.1) is 40.7 Å². The SMILES string of the molecule is O=C(C1CCCC1)n1c2cncc(c2)c2cc3c(cn2)[nH]nc3c2nc3c(cncc3c3ccc1s3)[nH]2. The molecule has 0 amide bonds. The lowest BCUT2D eigenvalue weighted by Crippen LogP contribution is -2.19. The van der Waals surface area contributed by atoms with Crippen LogP contribution in [0, 0.1) is 5.92 Å². The minimum Gasteiger partial charge on any atom is -0.335 e. The van der Waals surface area contributed by atoms with Gasteiger partial charge in [-0.15, -0.1) is 11.3 Å². The normalized spacial score (nSPS) is 14.6. The smallest absolute Gasteiger partial charge is 0.235 e. The molecule has 1 aliphatic rings. The fourth-order valence-electron chi connectivity index (χ4n) is 5.48. The second-order valence-corrected chi connectivity index (χ2v) is 10.6. The van der Waals surface area contributed by atoms with Gasteiger partial charge < -0.3 is 4.98 Å². The lowest BCUT2D eigenvalue weighted by Gasteiger charge is -2.12. The molecule has 8 bridgehead atoms. The number of pyridine rings is 3. The van der Waals surface area contributed by atoms with Crippen LogP contribution in [0.4, 0.5) is 0 Å². The molecule has 8 rings (SSSR count). The Bertz CT molecular complexity index is 2090. The number of rotatable bonds is 1. The number of nitrogens with zero attached hydrogens (tertiary/aromatic N) is 6. The quantitative estimate of drug-likeness (QED) is 0.281. The number of carbonyl (C=O) groups excluding carboxylic acids is 1. The third-order valence-electron chi connectivity index (χ3n) is 7.35. The monoisotopic (exact) mass is 504 g/mol. The zero-order valence-corrected chi connectivity index (χ0v) is 20.4. The maximum absolute atomic E-state index is 13.9. The van der Waals surface area contributed by atoms with Crippen molar-refractivity contribution in [1.82, 2.24) is 39.7 Å². The summed E-state index contributed by atoms with van der Waals surface area (Å²) in [5, 5.41) is 10.3. The van der Waals surface area contributed by atoms with Crippen LogP contribution >= 0.6 is 11.3 Å². The molecule has 1 aliphatic carbocycles. The maximum atomic E-state index is 13.9. The van der Waals surface area contributed by atoms with Gasteiger partial charge in [0.15, 0.2) is 5.65 Å². The summed E-state index contributed by atoms with van der Waals surface area (Å²) >= 11 is 1.56. The molecule has 9 nitrogen and oxygen atoms in total. The molecule has 180 valence electrons. The number of aromatic nitrogens is 8. The molecule has 0 radical (unpaired) electrons. The molecule has 0 saturated heterocycles. The number of hydrogen-bond donors (Lipinski definition) is 2. The summed E-state index contributed by atoms with van der Waals surface area (Å²) in [5.41, 5.74) is 5.31. The van der Waals surface area contributed by atoms with E-state index in [-0.39, 0.29) is 11.8 Å². The topological polar surface area (TPSA) is 118 Å². The van der Waals surface area contributed by atoms with Gasteiger partial charge in [0.25, 0.3) is 0 Å². The summed E-state index contributed by atoms with van der Waals surface area (Å²) in [6, 6.07) is 8.04. The molecule has 0 unspecified atom stereocenters. The van der Waals surface area contributed by atoms with E-state index in [0.29, 0.717) is 11.2 Å². The number of H-pyrrole nitrogens is 2. The Morgan fingerprint density at radius 2 is 1.84 bits per heavy atom. The first-order chi connectivity index (χ1) is 18.2. The number of nitrogens with one attached hydrogen (secondary N) is 2. The summed E-state index contributed by atoms with van der Waals surface area (Å²) in [5.74, 6) is 0.131. The summed E-state index contributed by atoms with van der Waals surface area (Å²) in [6.07, 6.45) is 12.9. The van der Waals surface area contributed by atoms with Crippen LogP contribution in [0.1, 0.15) is 30.5 Å². The maximum Gasteiger partial charge on any atom is 0.235 e. The van der Waals surface area contributed by atoms with E-state index >= 15 is 0 Å². The van der Waals surface area contributed by atoms with Gasteiger partial charge in [0.2, 0.25) is 5.91 Å². The molecule has 0 aliphatic heterocycles. The third-order valence-corrected chi connectivity index (χ3v) is 8.45. The van der Waals surface area contributed by atoms with Crippen molar-refractivity contribution in [1.29, 1.82) is 0 Å². The standard InChI is InChI=1S/C27H20N8OS/c36-27(14-3-1-2-4-14)35-16-7-15(9-28-10-16)19-8-17-20(13-30-19)33-34-25(17)26-31-21-12-29-11-18(24(21)32-26)22-5-6-23(35)37-22/h5-14H,1-4H2,(H,31,32)(H,33,34). The second-order valence-electron chi connectivity index (χ2n) is 9.58. The van der Waals surface area contributed by atoms with Gasteiger partial charge >= 0.3 is 0 Å². The van der Waals surface area contributed by atoms with E-state index in [0.717, 1.165) is 79.0 Å². The Morgan fingerprint density at radius 1 is 0.946 bits per heavy atom. The third kappa shape index (κ3) is 3.15. The second kappa shape index (κ2) is 7.78. The lowest BCUT2D eigenvalue weighted by atomic mass is 10.1. The first-order valence-electron chi connectivity index (χ1n) is 12.3. The van der Waals surface area contributed by atoms with E-state index in [2.05, 4.69) is 30.1 Å². The van der Waals surface area contributed by atoms with Crippen LogP contribution in [0.15, 0.2) is 55.2 Å². The Kier molecular flexibility index (Phi) is 4.36. The van der Waals surface area contributed by atoms with Crippen LogP contribution in [0.2, 0.25) is 0 Å². The number of aromatic amines is 2. The zero-order valence-electron chi connectivity index (χ0n) is 19.6. The summed E-state index contributed by atoms with van der Waals surface area (Å²) < 4.78 is 2.83. The number of imidazole rings is 1. The van der Waals surface area contributed by atoms with E-state index in [4.69, 9.17) is 4.98 Å². The molecule has 7 aromatic heterocycles. The fraction of sp³-hybridized carbons (Fsp3) is 0.185. The summed E-state index contributed by atoms with van der Waals surface area (Å²) in [7, 11) is 0. The van der Waals surface area contributed by atoms with Crippen LogP contribution in [-0.2, 0) is 0 Å². The minimum atomic E-state index is 0.0123. The predicted octanol–water partition coefficient (Wildman–Crippen LogP) is 6.05. The molecule has 1 saturated carbocycles. The highest BCUT2D eigenvalue weighted by molar-refractivity contribution is 7.24. The van der Waals surface area contributed by atoms with Crippen LogP contribution < -0.4 is 0 Å². The molecule has 0 aromatic carbocycles. The van der Waals surface area contributed by atoms with Gasteiger partial charge in [-0.2, -0.15) is 5.10 Å². The Morgan fingerprint density at radius 3 is 2.76 bits per heavy atom. The van der Waals surface area contributed by atoms with E-state index < -0.39 is 0 Å². The molecule has 10 heteroatoms. The van der Waals surface area contributed by atoms with Crippen LogP contribution in [0.3, 0.4) is 0 Å². The van der Waals surface area contributed by atoms with E-state index in [1.54, 1.807) is 36.1 Å². The molecular weight excluding hydrogens is 484 g/mol. The highest BCUT2D eigenvalue weighted by Gasteiger charge is 2.25. The molecule has 0 atom stereocenters. The van der Waals surface area contributed by atoms with Crippen molar-refractivity contribution < 1.29 is 4.79 Å². The van der Waals surface area contributed by atoms with Crippen LogP contribution in [-0.4, -0.2) is 45.6 Å². The van der Waals surface area contributed by atoms with Crippen molar-refractivity contribution in [2.24, 2.45) is 5.92 Å². The predicted molar refractivity (Wildman–Crippen MR) is 145 cm³/mol. The van der Waals surface area contributed by atoms with Gasteiger partial charge in [0, 0.05) is 39.2 Å².